The molecule has 0 heterocycles. The number of allylic oxidation sites excluding steroid dienone is 12. The van der Waals surface area contributed by atoms with Crippen molar-refractivity contribution in [2.75, 3.05) is 26.4 Å². The Morgan fingerprint density at radius 3 is 1.54 bits per heavy atom. The van der Waals surface area contributed by atoms with E-state index in [0.717, 1.165) is 57.8 Å². The molecule has 0 radical (unpaired) electrons. The van der Waals surface area contributed by atoms with Crippen LogP contribution < -0.4 is 5.73 Å². The molecule has 0 saturated heterocycles. The predicted octanol–water partition coefficient (Wildman–Crippen LogP) is 11.1. The number of nitrogens with two attached hydrogens (primary N) is 1. The average Bonchev–Trinajstić information content (AvgIpc) is 3.13. The summed E-state index contributed by atoms with van der Waals surface area (Å²) in [5, 5.41) is 0. The Hall–Kier alpha value is -2.55. The van der Waals surface area contributed by atoms with E-state index in [-0.39, 0.29) is 32.6 Å². The van der Waals surface area contributed by atoms with Crippen LogP contribution in [0.3, 0.4) is 0 Å². The average molecular weight is 750 g/mol. The Labute approximate surface area is 316 Å². The predicted molar refractivity (Wildman–Crippen MR) is 215 cm³/mol. The SMILES string of the molecule is CC/C=C/C/C=C/C/C=C/C/C=C/C/C=C/C/C=C/CCC(=O)OC[C@@H](COP(=O)(O)OCCN)OC(=O)CCCCCCCCCCCCCC. The summed E-state index contributed by atoms with van der Waals surface area (Å²) < 4.78 is 32.6. The van der Waals surface area contributed by atoms with E-state index in [9.17, 15) is 19.0 Å². The van der Waals surface area contributed by atoms with Gasteiger partial charge in [0.15, 0.2) is 6.10 Å². The normalized spacial score (nSPS) is 14.2. The van der Waals surface area contributed by atoms with Crippen LogP contribution in [-0.4, -0.2) is 49.3 Å². The van der Waals surface area contributed by atoms with Gasteiger partial charge < -0.3 is 20.1 Å². The number of ether oxygens (including phenoxy) is 2. The van der Waals surface area contributed by atoms with Crippen molar-refractivity contribution in [3.63, 3.8) is 0 Å². The Morgan fingerprint density at radius 1 is 0.596 bits per heavy atom. The van der Waals surface area contributed by atoms with Gasteiger partial charge in [0.1, 0.15) is 6.61 Å². The van der Waals surface area contributed by atoms with E-state index in [0.29, 0.717) is 12.8 Å². The van der Waals surface area contributed by atoms with Crippen LogP contribution in [0.1, 0.15) is 149 Å². The monoisotopic (exact) mass is 749 g/mol. The Balaban J connectivity index is 4.33. The van der Waals surface area contributed by atoms with Crippen molar-refractivity contribution in [1.29, 1.82) is 0 Å². The van der Waals surface area contributed by atoms with E-state index in [4.69, 9.17) is 24.3 Å². The summed E-state index contributed by atoms with van der Waals surface area (Å²) in [7, 11) is -4.39. The van der Waals surface area contributed by atoms with Crippen molar-refractivity contribution in [1.82, 2.24) is 0 Å². The van der Waals surface area contributed by atoms with Crippen LogP contribution in [0.25, 0.3) is 0 Å². The van der Waals surface area contributed by atoms with Crippen LogP contribution in [-0.2, 0) is 32.7 Å². The molecule has 0 aliphatic heterocycles. The highest BCUT2D eigenvalue weighted by Crippen LogP contribution is 2.43. The molecule has 0 aromatic heterocycles. The number of hydrogen-bond donors (Lipinski definition) is 2. The number of esters is 2. The summed E-state index contributed by atoms with van der Waals surface area (Å²) in [5.41, 5.74) is 5.33. The fourth-order valence-corrected chi connectivity index (χ4v) is 5.72. The molecule has 52 heavy (non-hydrogen) atoms. The first kappa shape index (κ1) is 49.5. The fourth-order valence-electron chi connectivity index (χ4n) is 4.95. The maximum Gasteiger partial charge on any atom is 0.472 e. The quantitative estimate of drug-likeness (QED) is 0.0278. The molecule has 10 heteroatoms. The summed E-state index contributed by atoms with van der Waals surface area (Å²) >= 11 is 0. The van der Waals surface area contributed by atoms with Gasteiger partial charge in [-0.2, -0.15) is 0 Å². The van der Waals surface area contributed by atoms with Gasteiger partial charge in [-0.15, -0.1) is 0 Å². The number of phosphoric ester groups is 1. The van der Waals surface area contributed by atoms with Crippen molar-refractivity contribution < 1.29 is 37.6 Å². The lowest BCUT2D eigenvalue weighted by Gasteiger charge is -2.19. The van der Waals surface area contributed by atoms with Gasteiger partial charge in [0.05, 0.1) is 13.2 Å². The number of carbonyl (C=O) groups is 2. The zero-order valence-electron chi connectivity index (χ0n) is 32.5. The third kappa shape index (κ3) is 37.2. The van der Waals surface area contributed by atoms with Crippen molar-refractivity contribution in [3.05, 3.63) is 72.9 Å². The Kier molecular flexibility index (Phi) is 36.3. The van der Waals surface area contributed by atoms with E-state index in [1.165, 1.54) is 51.4 Å². The zero-order chi connectivity index (χ0) is 38.2. The molecule has 298 valence electrons. The maximum atomic E-state index is 12.5. The number of hydrogen-bond acceptors (Lipinski definition) is 8. The van der Waals surface area contributed by atoms with Crippen LogP contribution in [0, 0.1) is 0 Å². The fraction of sp³-hybridized carbons (Fsp3) is 0.667. The van der Waals surface area contributed by atoms with E-state index in [1.54, 1.807) is 0 Å². The van der Waals surface area contributed by atoms with Gasteiger partial charge in [-0.1, -0.05) is 157 Å². The molecule has 1 unspecified atom stereocenters. The number of rotatable bonds is 36. The second-order valence-corrected chi connectivity index (χ2v) is 14.2. The van der Waals surface area contributed by atoms with Crippen LogP contribution in [0.5, 0.6) is 0 Å². The molecule has 0 rings (SSSR count). The van der Waals surface area contributed by atoms with Gasteiger partial charge >= 0.3 is 19.8 Å². The van der Waals surface area contributed by atoms with Crippen LogP contribution in [0.2, 0.25) is 0 Å². The second-order valence-electron chi connectivity index (χ2n) is 12.8. The van der Waals surface area contributed by atoms with Gasteiger partial charge in [0.25, 0.3) is 0 Å². The molecule has 0 spiro atoms. The summed E-state index contributed by atoms with van der Waals surface area (Å²) in [5.74, 6) is -0.932. The van der Waals surface area contributed by atoms with Crippen molar-refractivity contribution in [2.24, 2.45) is 5.73 Å². The maximum absolute atomic E-state index is 12.5. The molecule has 0 saturated carbocycles. The van der Waals surface area contributed by atoms with E-state index in [1.807, 2.05) is 12.2 Å². The molecule has 0 amide bonds. The van der Waals surface area contributed by atoms with Gasteiger partial charge in [-0.25, -0.2) is 4.57 Å². The summed E-state index contributed by atoms with van der Waals surface area (Å²) in [4.78, 5) is 34.7. The van der Waals surface area contributed by atoms with Crippen LogP contribution >= 0.6 is 7.82 Å². The van der Waals surface area contributed by atoms with Gasteiger partial charge in [-0.3, -0.25) is 18.6 Å². The van der Waals surface area contributed by atoms with E-state index in [2.05, 4.69) is 74.6 Å². The molecule has 2 atom stereocenters. The smallest absolute Gasteiger partial charge is 0.462 e. The lowest BCUT2D eigenvalue weighted by molar-refractivity contribution is -0.161. The largest absolute Gasteiger partial charge is 0.472 e. The highest BCUT2D eigenvalue weighted by Gasteiger charge is 2.25. The molecular formula is C42H72NO8P. The molecule has 0 bridgehead atoms. The first-order valence-corrected chi connectivity index (χ1v) is 21.4. The first-order chi connectivity index (χ1) is 25.3. The van der Waals surface area contributed by atoms with Gasteiger partial charge in [0.2, 0.25) is 0 Å². The highest BCUT2D eigenvalue weighted by molar-refractivity contribution is 7.47. The highest BCUT2D eigenvalue weighted by atomic mass is 31.2. The molecular weight excluding hydrogens is 677 g/mol. The van der Waals surface area contributed by atoms with E-state index < -0.39 is 32.5 Å². The van der Waals surface area contributed by atoms with Gasteiger partial charge in [-0.05, 0) is 51.4 Å². The molecule has 3 N–H and O–H groups in total. The minimum absolute atomic E-state index is 0.0414. The number of carbonyl (C=O) groups excluding carboxylic acids is 2. The second kappa shape index (κ2) is 38.2. The summed E-state index contributed by atoms with van der Waals surface area (Å²) in [6, 6.07) is 0. The first-order valence-electron chi connectivity index (χ1n) is 19.9. The van der Waals surface area contributed by atoms with Crippen LogP contribution in [0.15, 0.2) is 72.9 Å². The third-order valence-corrected chi connectivity index (χ3v) is 8.85. The van der Waals surface area contributed by atoms with Crippen molar-refractivity contribution >= 4 is 19.8 Å². The third-order valence-electron chi connectivity index (χ3n) is 7.87. The van der Waals surface area contributed by atoms with Crippen LogP contribution in [0.4, 0.5) is 0 Å². The minimum atomic E-state index is -4.39. The van der Waals surface area contributed by atoms with Crippen molar-refractivity contribution in [3.8, 4) is 0 Å². The summed E-state index contributed by atoms with van der Waals surface area (Å²) in [6.07, 6.45) is 45.2. The standard InChI is InChI=1S/C42H72NO8P/c1-3-5-7-9-11-13-15-17-18-19-20-21-22-23-25-26-28-30-32-34-41(44)48-38-40(39-50-52(46,47)49-37-36-43)51-42(45)35-33-31-29-27-24-16-14-12-10-8-6-4-2/h5,7,11,13,17-18,20-21,23,25,28,30,40H,3-4,6,8-10,12,14-16,19,22,24,26-27,29,31-39,43H2,1-2H3,(H,46,47)/b7-5+,13-11+,18-17+,21-20+,25-23+,30-28+/t40-/m0/s1. The molecule has 0 aromatic carbocycles. The summed E-state index contributed by atoms with van der Waals surface area (Å²) in [6.45, 7) is 3.50. The topological polar surface area (TPSA) is 134 Å². The number of unbranched alkanes of at least 4 members (excludes halogenated alkanes) is 11. The number of phosphoric acid groups is 1. The van der Waals surface area contributed by atoms with E-state index >= 15 is 0 Å². The zero-order valence-corrected chi connectivity index (χ0v) is 33.4. The lowest BCUT2D eigenvalue weighted by atomic mass is 10.0. The molecule has 0 aliphatic rings. The Bertz CT molecular complexity index is 1080. The molecule has 0 aromatic rings. The lowest BCUT2D eigenvalue weighted by Crippen LogP contribution is -2.29. The van der Waals surface area contributed by atoms with Crippen molar-refractivity contribution in [2.45, 2.75) is 155 Å². The van der Waals surface area contributed by atoms with Gasteiger partial charge in [0, 0.05) is 19.4 Å². The molecule has 0 fully saturated rings. The Morgan fingerprint density at radius 2 is 1.06 bits per heavy atom. The molecule has 9 nitrogen and oxygen atoms in total. The molecule has 0 aliphatic carbocycles. The minimum Gasteiger partial charge on any atom is -0.462 e.